The van der Waals surface area contributed by atoms with Crippen LogP contribution < -0.4 is 5.32 Å². The van der Waals surface area contributed by atoms with Gasteiger partial charge < -0.3 is 15.3 Å². The molecule has 0 heterocycles. The fraction of sp³-hybridized carbons (Fsp3) is 0.429. The summed E-state index contributed by atoms with van der Waals surface area (Å²) in [5.41, 5.74) is 0.972. The summed E-state index contributed by atoms with van der Waals surface area (Å²) in [6.45, 7) is 3.59. The number of hydrogen-bond acceptors (Lipinski definition) is 3. The first-order valence-corrected chi connectivity index (χ1v) is 6.26. The van der Waals surface area contributed by atoms with Gasteiger partial charge in [0.2, 0.25) is 11.8 Å². The molecule has 0 aliphatic heterocycles. The molecule has 2 N–H and O–H groups in total. The monoisotopic (exact) mass is 264 g/mol. The van der Waals surface area contributed by atoms with Gasteiger partial charge in [-0.15, -0.1) is 0 Å². The average Bonchev–Trinajstić information content (AvgIpc) is 2.42. The Bertz CT molecular complexity index is 420. The molecule has 1 aromatic carbocycles. The quantitative estimate of drug-likeness (QED) is 0.787. The van der Waals surface area contributed by atoms with Gasteiger partial charge in [-0.3, -0.25) is 9.59 Å². The third-order valence-corrected chi connectivity index (χ3v) is 2.86. The SMILES string of the molecule is CC(=O)N(Cc1ccccc1)[C@@H](C)C(=O)NCCO. The van der Waals surface area contributed by atoms with Crippen molar-refractivity contribution in [3.05, 3.63) is 35.9 Å². The lowest BCUT2D eigenvalue weighted by atomic mass is 10.1. The van der Waals surface area contributed by atoms with Crippen molar-refractivity contribution < 1.29 is 14.7 Å². The predicted molar refractivity (Wildman–Crippen MR) is 72.2 cm³/mol. The highest BCUT2D eigenvalue weighted by Gasteiger charge is 2.23. The lowest BCUT2D eigenvalue weighted by Crippen LogP contribution is -2.47. The summed E-state index contributed by atoms with van der Waals surface area (Å²) in [4.78, 5) is 25.0. The standard InChI is InChI=1S/C14H20N2O3/c1-11(14(19)15-8-9-17)16(12(2)18)10-13-6-4-3-5-7-13/h3-7,11,17H,8-10H2,1-2H3,(H,15,19)/t11-/m0/s1. The molecule has 0 saturated heterocycles. The number of aliphatic hydroxyl groups excluding tert-OH is 1. The van der Waals surface area contributed by atoms with Gasteiger partial charge in [0.1, 0.15) is 6.04 Å². The van der Waals surface area contributed by atoms with Gasteiger partial charge in [-0.2, -0.15) is 0 Å². The van der Waals surface area contributed by atoms with E-state index in [2.05, 4.69) is 5.32 Å². The van der Waals surface area contributed by atoms with Gasteiger partial charge in [0.05, 0.1) is 6.61 Å². The Labute approximate surface area is 113 Å². The van der Waals surface area contributed by atoms with Crippen LogP contribution in [0.3, 0.4) is 0 Å². The topological polar surface area (TPSA) is 69.6 Å². The zero-order valence-corrected chi connectivity index (χ0v) is 11.3. The van der Waals surface area contributed by atoms with Gasteiger partial charge in [-0.1, -0.05) is 30.3 Å². The molecule has 0 saturated carbocycles. The van der Waals surface area contributed by atoms with Crippen LogP contribution in [0.1, 0.15) is 19.4 Å². The third kappa shape index (κ3) is 4.71. The van der Waals surface area contributed by atoms with E-state index in [0.29, 0.717) is 6.54 Å². The molecular formula is C14H20N2O3. The van der Waals surface area contributed by atoms with E-state index in [-0.39, 0.29) is 25.0 Å². The summed E-state index contributed by atoms with van der Waals surface area (Å²) >= 11 is 0. The highest BCUT2D eigenvalue weighted by molar-refractivity contribution is 5.86. The van der Waals surface area contributed by atoms with Crippen molar-refractivity contribution in [3.63, 3.8) is 0 Å². The molecule has 0 aliphatic carbocycles. The number of aliphatic hydroxyl groups is 1. The molecule has 2 amide bonds. The largest absolute Gasteiger partial charge is 0.395 e. The lowest BCUT2D eigenvalue weighted by Gasteiger charge is -2.27. The van der Waals surface area contributed by atoms with Crippen molar-refractivity contribution in [1.29, 1.82) is 0 Å². The van der Waals surface area contributed by atoms with Gasteiger partial charge in [-0.05, 0) is 12.5 Å². The first kappa shape index (κ1) is 15.2. The fourth-order valence-electron chi connectivity index (χ4n) is 1.77. The van der Waals surface area contributed by atoms with Crippen LogP contribution in [0.5, 0.6) is 0 Å². The molecule has 19 heavy (non-hydrogen) atoms. The Morgan fingerprint density at radius 2 is 1.95 bits per heavy atom. The average molecular weight is 264 g/mol. The minimum Gasteiger partial charge on any atom is -0.395 e. The van der Waals surface area contributed by atoms with Gasteiger partial charge >= 0.3 is 0 Å². The van der Waals surface area contributed by atoms with Crippen LogP contribution in [0.15, 0.2) is 30.3 Å². The van der Waals surface area contributed by atoms with Gasteiger partial charge in [0.25, 0.3) is 0 Å². The molecule has 104 valence electrons. The van der Waals surface area contributed by atoms with Crippen molar-refractivity contribution in [2.75, 3.05) is 13.2 Å². The normalized spacial score (nSPS) is 11.7. The Kier molecular flexibility index (Phi) is 6.02. The highest BCUT2D eigenvalue weighted by atomic mass is 16.3. The van der Waals surface area contributed by atoms with Crippen LogP contribution in [0.2, 0.25) is 0 Å². The number of rotatable bonds is 6. The first-order chi connectivity index (χ1) is 9.06. The van der Waals surface area contributed by atoms with E-state index in [0.717, 1.165) is 5.56 Å². The Morgan fingerprint density at radius 3 is 2.47 bits per heavy atom. The summed E-state index contributed by atoms with van der Waals surface area (Å²) in [5.74, 6) is -0.421. The second-order valence-corrected chi connectivity index (χ2v) is 4.32. The lowest BCUT2D eigenvalue weighted by molar-refractivity contribution is -0.139. The molecule has 5 heteroatoms. The van der Waals surface area contributed by atoms with Crippen molar-refractivity contribution >= 4 is 11.8 Å². The van der Waals surface area contributed by atoms with Crippen LogP contribution in [0.25, 0.3) is 0 Å². The molecule has 1 atom stereocenters. The van der Waals surface area contributed by atoms with Crippen LogP contribution in [0.4, 0.5) is 0 Å². The molecule has 0 aromatic heterocycles. The summed E-state index contributed by atoms with van der Waals surface area (Å²) in [6.07, 6.45) is 0. The van der Waals surface area contributed by atoms with Crippen molar-refractivity contribution in [3.8, 4) is 0 Å². The van der Waals surface area contributed by atoms with E-state index < -0.39 is 6.04 Å². The molecule has 0 spiro atoms. The number of hydrogen-bond donors (Lipinski definition) is 2. The summed E-state index contributed by atoms with van der Waals surface area (Å²) in [6, 6.07) is 8.94. The molecule has 1 aromatic rings. The first-order valence-electron chi connectivity index (χ1n) is 6.26. The van der Waals surface area contributed by atoms with Gasteiger partial charge in [0, 0.05) is 20.0 Å². The molecule has 1 rings (SSSR count). The number of nitrogens with zero attached hydrogens (tertiary/aromatic N) is 1. The Balaban J connectivity index is 2.72. The van der Waals surface area contributed by atoms with E-state index in [1.807, 2.05) is 30.3 Å². The van der Waals surface area contributed by atoms with E-state index in [4.69, 9.17) is 5.11 Å². The van der Waals surface area contributed by atoms with Crippen LogP contribution >= 0.6 is 0 Å². The smallest absolute Gasteiger partial charge is 0.242 e. The van der Waals surface area contributed by atoms with E-state index in [1.54, 1.807) is 6.92 Å². The second kappa shape index (κ2) is 7.53. The maximum atomic E-state index is 11.8. The fourth-order valence-corrected chi connectivity index (χ4v) is 1.77. The number of amides is 2. The Hall–Kier alpha value is -1.88. The van der Waals surface area contributed by atoms with Crippen molar-refractivity contribution in [1.82, 2.24) is 10.2 Å². The zero-order valence-electron chi connectivity index (χ0n) is 11.3. The number of nitrogens with one attached hydrogen (secondary N) is 1. The van der Waals surface area contributed by atoms with Crippen LogP contribution in [-0.4, -0.2) is 41.0 Å². The van der Waals surface area contributed by atoms with E-state index in [9.17, 15) is 9.59 Å². The van der Waals surface area contributed by atoms with Crippen LogP contribution in [-0.2, 0) is 16.1 Å². The third-order valence-electron chi connectivity index (χ3n) is 2.86. The van der Waals surface area contributed by atoms with E-state index >= 15 is 0 Å². The molecule has 0 radical (unpaired) electrons. The highest BCUT2D eigenvalue weighted by Crippen LogP contribution is 2.09. The van der Waals surface area contributed by atoms with Gasteiger partial charge in [0.15, 0.2) is 0 Å². The van der Waals surface area contributed by atoms with Gasteiger partial charge in [-0.25, -0.2) is 0 Å². The van der Waals surface area contributed by atoms with Crippen LogP contribution in [0, 0.1) is 0 Å². The minimum atomic E-state index is -0.566. The summed E-state index contributed by atoms with van der Waals surface area (Å²) in [5, 5.41) is 11.3. The summed E-state index contributed by atoms with van der Waals surface area (Å²) in [7, 11) is 0. The second-order valence-electron chi connectivity index (χ2n) is 4.32. The molecule has 0 fully saturated rings. The molecule has 0 unspecified atom stereocenters. The maximum Gasteiger partial charge on any atom is 0.242 e. The predicted octanol–water partition coefficient (Wildman–Crippen LogP) is 0.532. The number of benzene rings is 1. The van der Waals surface area contributed by atoms with Crippen molar-refractivity contribution in [2.24, 2.45) is 0 Å². The van der Waals surface area contributed by atoms with E-state index in [1.165, 1.54) is 11.8 Å². The zero-order chi connectivity index (χ0) is 14.3. The van der Waals surface area contributed by atoms with Crippen molar-refractivity contribution in [2.45, 2.75) is 26.4 Å². The summed E-state index contributed by atoms with van der Waals surface area (Å²) < 4.78 is 0. The molecule has 0 bridgehead atoms. The minimum absolute atomic E-state index is 0.114. The maximum absolute atomic E-state index is 11.8. The Morgan fingerprint density at radius 1 is 1.32 bits per heavy atom. The molecule has 0 aliphatic rings. The molecular weight excluding hydrogens is 244 g/mol. The number of carbonyl (C=O) groups excluding carboxylic acids is 2. The number of carbonyl (C=O) groups is 2. The molecule has 5 nitrogen and oxygen atoms in total.